The molecular formula is C13H13BrN2O5. The standard InChI is InChI=1S/C13H13BrN2O5/c1-13(2,3)21-12(20)16-8-5-4-7(14)6-9(8)15(10(16)17)11(18)19/h4-6H,1-3H3,(H,18,19). The number of halogens is 1. The Morgan fingerprint density at radius 3 is 2.33 bits per heavy atom. The lowest BCUT2D eigenvalue weighted by Gasteiger charge is -2.19. The van der Waals surface area contributed by atoms with Crippen molar-refractivity contribution >= 4 is 39.1 Å². The van der Waals surface area contributed by atoms with Gasteiger partial charge in [0.05, 0.1) is 11.0 Å². The number of aromatic nitrogens is 2. The molecule has 2 rings (SSSR count). The monoisotopic (exact) mass is 356 g/mol. The number of hydrogen-bond donors (Lipinski definition) is 1. The zero-order valence-electron chi connectivity index (χ0n) is 11.6. The van der Waals surface area contributed by atoms with Crippen molar-refractivity contribution in [3.05, 3.63) is 33.2 Å². The van der Waals surface area contributed by atoms with Crippen LogP contribution in [0, 0.1) is 0 Å². The molecule has 112 valence electrons. The first kappa shape index (κ1) is 15.3. The van der Waals surface area contributed by atoms with E-state index in [1.54, 1.807) is 26.8 Å². The van der Waals surface area contributed by atoms with E-state index in [1.165, 1.54) is 12.1 Å². The van der Waals surface area contributed by atoms with Gasteiger partial charge in [0, 0.05) is 4.47 Å². The molecule has 1 N–H and O–H groups in total. The lowest BCUT2D eigenvalue weighted by atomic mass is 10.2. The van der Waals surface area contributed by atoms with Crippen LogP contribution < -0.4 is 5.69 Å². The average molecular weight is 357 g/mol. The average Bonchev–Trinajstić information content (AvgIpc) is 2.57. The van der Waals surface area contributed by atoms with Gasteiger partial charge in [-0.05, 0) is 39.0 Å². The number of hydrogen-bond acceptors (Lipinski definition) is 4. The van der Waals surface area contributed by atoms with Crippen molar-refractivity contribution < 1.29 is 19.4 Å². The molecule has 0 aliphatic heterocycles. The number of nitrogens with zero attached hydrogens (tertiary/aromatic N) is 2. The summed E-state index contributed by atoms with van der Waals surface area (Å²) in [5.41, 5.74) is -1.51. The van der Waals surface area contributed by atoms with Crippen LogP contribution in [0.25, 0.3) is 11.0 Å². The van der Waals surface area contributed by atoms with Crippen molar-refractivity contribution in [1.82, 2.24) is 9.13 Å². The highest BCUT2D eigenvalue weighted by molar-refractivity contribution is 9.10. The van der Waals surface area contributed by atoms with Crippen LogP contribution in [-0.2, 0) is 4.74 Å². The van der Waals surface area contributed by atoms with Crippen molar-refractivity contribution in [2.24, 2.45) is 0 Å². The van der Waals surface area contributed by atoms with Crippen LogP contribution in [0.5, 0.6) is 0 Å². The first-order valence-corrected chi connectivity index (χ1v) is 6.81. The molecule has 0 spiro atoms. The van der Waals surface area contributed by atoms with Crippen LogP contribution >= 0.6 is 15.9 Å². The summed E-state index contributed by atoms with van der Waals surface area (Å²) in [6.07, 6.45) is -2.38. The van der Waals surface area contributed by atoms with Crippen molar-refractivity contribution in [2.45, 2.75) is 26.4 Å². The van der Waals surface area contributed by atoms with Crippen LogP contribution in [0.3, 0.4) is 0 Å². The van der Waals surface area contributed by atoms with Crippen LogP contribution in [0.2, 0.25) is 0 Å². The van der Waals surface area contributed by atoms with E-state index in [0.29, 0.717) is 13.6 Å². The van der Waals surface area contributed by atoms with Gasteiger partial charge in [-0.25, -0.2) is 14.4 Å². The van der Waals surface area contributed by atoms with Crippen molar-refractivity contribution in [2.75, 3.05) is 0 Å². The summed E-state index contributed by atoms with van der Waals surface area (Å²) in [6.45, 7) is 4.97. The maximum atomic E-state index is 12.2. The van der Waals surface area contributed by atoms with E-state index in [9.17, 15) is 14.4 Å². The number of carboxylic acid groups (broad SMARTS) is 1. The minimum absolute atomic E-state index is 0.104. The Morgan fingerprint density at radius 2 is 1.81 bits per heavy atom. The predicted octanol–water partition coefficient (Wildman–Crippen LogP) is 2.87. The molecule has 0 aliphatic carbocycles. The number of benzene rings is 1. The zero-order chi connectivity index (χ0) is 15.9. The largest absolute Gasteiger partial charge is 0.464 e. The Morgan fingerprint density at radius 1 is 1.19 bits per heavy atom. The maximum Gasteiger partial charge on any atom is 0.423 e. The molecule has 0 unspecified atom stereocenters. The third-order valence-electron chi connectivity index (χ3n) is 2.57. The fourth-order valence-corrected chi connectivity index (χ4v) is 2.19. The molecule has 1 aromatic carbocycles. The Hall–Kier alpha value is -2.09. The van der Waals surface area contributed by atoms with E-state index in [2.05, 4.69) is 15.9 Å². The maximum absolute atomic E-state index is 12.2. The molecule has 1 aromatic heterocycles. The van der Waals surface area contributed by atoms with E-state index >= 15 is 0 Å². The molecule has 0 amide bonds. The van der Waals surface area contributed by atoms with Crippen LogP contribution in [0.4, 0.5) is 9.59 Å². The van der Waals surface area contributed by atoms with Crippen LogP contribution in [0.15, 0.2) is 27.5 Å². The van der Waals surface area contributed by atoms with Gasteiger partial charge in [-0.1, -0.05) is 15.9 Å². The van der Waals surface area contributed by atoms with Gasteiger partial charge in [0.15, 0.2) is 0 Å². The highest BCUT2D eigenvalue weighted by Crippen LogP contribution is 2.20. The third-order valence-corrected chi connectivity index (χ3v) is 3.06. The molecule has 0 radical (unpaired) electrons. The topological polar surface area (TPSA) is 90.5 Å². The second-order valence-electron chi connectivity index (χ2n) is 5.35. The molecule has 1 heterocycles. The summed E-state index contributed by atoms with van der Waals surface area (Å²) in [5.74, 6) is 0. The molecule has 2 aromatic rings. The van der Waals surface area contributed by atoms with Gasteiger partial charge < -0.3 is 9.84 Å². The first-order valence-electron chi connectivity index (χ1n) is 6.01. The fraction of sp³-hybridized carbons (Fsp3) is 0.308. The Kier molecular flexibility index (Phi) is 3.66. The van der Waals surface area contributed by atoms with Crippen LogP contribution in [0.1, 0.15) is 20.8 Å². The van der Waals surface area contributed by atoms with E-state index in [-0.39, 0.29) is 11.0 Å². The van der Waals surface area contributed by atoms with E-state index in [1.807, 2.05) is 0 Å². The SMILES string of the molecule is CC(C)(C)OC(=O)n1c(=O)n(C(=O)O)c2cc(Br)ccc21. The highest BCUT2D eigenvalue weighted by atomic mass is 79.9. The Bertz CT molecular complexity index is 797. The molecule has 0 aliphatic rings. The minimum atomic E-state index is -1.47. The smallest absolute Gasteiger partial charge is 0.423 e. The summed E-state index contributed by atoms with van der Waals surface area (Å²) >= 11 is 3.20. The number of imidazole rings is 1. The fourth-order valence-electron chi connectivity index (χ4n) is 1.84. The van der Waals surface area contributed by atoms with Crippen molar-refractivity contribution in [1.29, 1.82) is 0 Å². The number of ether oxygens (including phenoxy) is 1. The van der Waals surface area contributed by atoms with Gasteiger partial charge in [0.1, 0.15) is 5.60 Å². The minimum Gasteiger partial charge on any atom is -0.464 e. The van der Waals surface area contributed by atoms with Gasteiger partial charge in [0.2, 0.25) is 0 Å². The lowest BCUT2D eigenvalue weighted by molar-refractivity contribution is 0.0538. The first-order chi connectivity index (χ1) is 9.61. The third kappa shape index (κ3) is 2.85. The van der Waals surface area contributed by atoms with Crippen LogP contribution in [-0.4, -0.2) is 32.0 Å². The normalized spacial score (nSPS) is 11.6. The summed E-state index contributed by atoms with van der Waals surface area (Å²) in [5, 5.41) is 9.16. The van der Waals surface area contributed by atoms with Crippen molar-refractivity contribution in [3.8, 4) is 0 Å². The lowest BCUT2D eigenvalue weighted by Crippen LogP contribution is -2.35. The molecule has 0 atom stereocenters. The molecule has 0 bridgehead atoms. The molecule has 21 heavy (non-hydrogen) atoms. The summed E-state index contributed by atoms with van der Waals surface area (Å²) < 4.78 is 6.94. The number of rotatable bonds is 0. The van der Waals surface area contributed by atoms with E-state index in [0.717, 1.165) is 0 Å². The summed E-state index contributed by atoms with van der Waals surface area (Å²) in [4.78, 5) is 35.6. The zero-order valence-corrected chi connectivity index (χ0v) is 13.2. The van der Waals surface area contributed by atoms with Gasteiger partial charge in [-0.15, -0.1) is 0 Å². The van der Waals surface area contributed by atoms with E-state index in [4.69, 9.17) is 9.84 Å². The van der Waals surface area contributed by atoms with Gasteiger partial charge in [-0.3, -0.25) is 0 Å². The number of fused-ring (bicyclic) bond motifs is 1. The second kappa shape index (κ2) is 5.03. The number of carbonyl (C=O) groups is 2. The van der Waals surface area contributed by atoms with Gasteiger partial charge in [0.25, 0.3) is 0 Å². The van der Waals surface area contributed by atoms with Gasteiger partial charge >= 0.3 is 17.9 Å². The molecule has 0 saturated carbocycles. The summed E-state index contributed by atoms with van der Waals surface area (Å²) in [6, 6.07) is 4.53. The second-order valence-corrected chi connectivity index (χ2v) is 6.27. The molecule has 0 fully saturated rings. The molecule has 7 nitrogen and oxygen atoms in total. The van der Waals surface area contributed by atoms with E-state index < -0.39 is 23.5 Å². The molecule has 8 heteroatoms. The quantitative estimate of drug-likeness (QED) is 0.783. The number of carbonyl (C=O) groups excluding carboxylic acids is 1. The Labute approximate surface area is 127 Å². The van der Waals surface area contributed by atoms with Crippen molar-refractivity contribution in [3.63, 3.8) is 0 Å². The molecule has 0 saturated heterocycles. The summed E-state index contributed by atoms with van der Waals surface area (Å²) in [7, 11) is 0. The van der Waals surface area contributed by atoms with Gasteiger partial charge in [-0.2, -0.15) is 9.13 Å². The highest BCUT2D eigenvalue weighted by Gasteiger charge is 2.26. The molecular weight excluding hydrogens is 344 g/mol. The predicted molar refractivity (Wildman–Crippen MR) is 79.0 cm³/mol. The Balaban J connectivity index is 2.76.